The van der Waals surface area contributed by atoms with Crippen molar-refractivity contribution >= 4 is 5.91 Å². The number of hydrogen-bond donors (Lipinski definition) is 0. The van der Waals surface area contributed by atoms with Gasteiger partial charge in [0.15, 0.2) is 11.5 Å². The molecule has 6 nitrogen and oxygen atoms in total. The van der Waals surface area contributed by atoms with Crippen LogP contribution in [0.25, 0.3) is 0 Å². The third-order valence-electron chi connectivity index (χ3n) is 6.68. The highest BCUT2D eigenvalue weighted by Crippen LogP contribution is 2.46. The van der Waals surface area contributed by atoms with E-state index in [1.165, 1.54) is 25.7 Å². The van der Waals surface area contributed by atoms with Crippen molar-refractivity contribution in [2.75, 3.05) is 47.5 Å². The summed E-state index contributed by atoms with van der Waals surface area (Å²) in [7, 11) is 4.70. The van der Waals surface area contributed by atoms with Crippen molar-refractivity contribution in [1.29, 1.82) is 0 Å². The number of benzene rings is 1. The van der Waals surface area contributed by atoms with Gasteiger partial charge in [0.1, 0.15) is 0 Å². The van der Waals surface area contributed by atoms with E-state index in [2.05, 4.69) is 4.90 Å². The fraction of sp³-hybridized carbons (Fsp3) is 0.667. The van der Waals surface area contributed by atoms with Crippen LogP contribution in [0.15, 0.2) is 12.1 Å². The van der Waals surface area contributed by atoms with Gasteiger partial charge in [-0.1, -0.05) is 6.42 Å². The van der Waals surface area contributed by atoms with Crippen LogP contribution in [0.4, 0.5) is 0 Å². The molecule has 2 saturated carbocycles. The molecule has 3 fully saturated rings. The molecule has 27 heavy (non-hydrogen) atoms. The molecule has 148 valence electrons. The lowest BCUT2D eigenvalue weighted by molar-refractivity contribution is 0.0495. The number of hydrogen-bond acceptors (Lipinski definition) is 5. The Hall–Kier alpha value is -1.95. The number of methoxy groups -OCH3 is 3. The minimum absolute atomic E-state index is 0.0295. The Morgan fingerprint density at radius 1 is 0.926 bits per heavy atom. The van der Waals surface area contributed by atoms with Gasteiger partial charge < -0.3 is 19.1 Å². The lowest BCUT2D eigenvalue weighted by atomic mass is 9.93. The fourth-order valence-corrected chi connectivity index (χ4v) is 5.30. The number of ether oxygens (including phenoxy) is 3. The molecule has 2 bridgehead atoms. The van der Waals surface area contributed by atoms with Crippen molar-refractivity contribution in [2.24, 2.45) is 11.8 Å². The van der Waals surface area contributed by atoms with Crippen LogP contribution in [-0.4, -0.2) is 69.3 Å². The third kappa shape index (κ3) is 3.35. The fourth-order valence-electron chi connectivity index (χ4n) is 5.30. The molecular weight excluding hydrogens is 344 g/mol. The van der Waals surface area contributed by atoms with Crippen LogP contribution >= 0.6 is 0 Å². The zero-order valence-electron chi connectivity index (χ0n) is 16.6. The second kappa shape index (κ2) is 7.58. The first kappa shape index (κ1) is 18.4. The largest absolute Gasteiger partial charge is 0.493 e. The first-order valence-corrected chi connectivity index (χ1v) is 9.98. The van der Waals surface area contributed by atoms with Crippen LogP contribution in [0.1, 0.15) is 36.0 Å². The zero-order chi connectivity index (χ0) is 19.0. The van der Waals surface area contributed by atoms with Gasteiger partial charge in [-0.05, 0) is 43.2 Å². The maximum Gasteiger partial charge on any atom is 0.254 e. The average molecular weight is 374 g/mol. The van der Waals surface area contributed by atoms with Crippen LogP contribution < -0.4 is 14.2 Å². The summed E-state index contributed by atoms with van der Waals surface area (Å²) in [5.41, 5.74) is 0.581. The zero-order valence-corrected chi connectivity index (χ0v) is 16.6. The number of carbonyl (C=O) groups is 1. The Morgan fingerprint density at radius 3 is 2.07 bits per heavy atom. The summed E-state index contributed by atoms with van der Waals surface area (Å²) >= 11 is 0. The van der Waals surface area contributed by atoms with Crippen LogP contribution in [0.5, 0.6) is 17.2 Å². The first-order chi connectivity index (χ1) is 13.1. The molecule has 0 aromatic heterocycles. The molecule has 0 unspecified atom stereocenters. The summed E-state index contributed by atoms with van der Waals surface area (Å²) < 4.78 is 16.1. The van der Waals surface area contributed by atoms with E-state index in [9.17, 15) is 4.79 Å². The SMILES string of the molecule is COc1cc(C(=O)N2CCN([C@H]3C[C@H]4CC[C@H]3C4)CC2)cc(OC)c1OC. The van der Waals surface area contributed by atoms with Crippen LogP contribution in [0, 0.1) is 11.8 Å². The number of rotatable bonds is 5. The molecule has 1 aromatic carbocycles. The Bertz CT molecular complexity index is 674. The minimum Gasteiger partial charge on any atom is -0.493 e. The van der Waals surface area contributed by atoms with E-state index in [0.717, 1.165) is 44.1 Å². The minimum atomic E-state index is 0.0295. The van der Waals surface area contributed by atoms with Gasteiger partial charge in [-0.15, -0.1) is 0 Å². The summed E-state index contributed by atoms with van der Waals surface area (Å²) in [5, 5.41) is 0. The number of carbonyl (C=O) groups excluding carboxylic acids is 1. The molecule has 1 aromatic rings. The Kier molecular flexibility index (Phi) is 5.17. The Labute approximate surface area is 161 Å². The molecule has 1 aliphatic heterocycles. The average Bonchev–Trinajstić information content (AvgIpc) is 3.35. The number of fused-ring (bicyclic) bond motifs is 2. The molecule has 0 N–H and O–H groups in total. The maximum absolute atomic E-state index is 13.0. The van der Waals surface area contributed by atoms with Crippen molar-refractivity contribution in [3.8, 4) is 17.2 Å². The number of nitrogens with zero attached hydrogens (tertiary/aromatic N) is 2. The van der Waals surface area contributed by atoms with Crippen molar-refractivity contribution in [1.82, 2.24) is 9.80 Å². The summed E-state index contributed by atoms with van der Waals surface area (Å²) in [6.07, 6.45) is 5.63. The highest BCUT2D eigenvalue weighted by molar-refractivity contribution is 5.95. The molecule has 3 aliphatic rings. The summed E-state index contributed by atoms with van der Waals surface area (Å²) in [4.78, 5) is 17.6. The van der Waals surface area contributed by atoms with Crippen LogP contribution in [0.2, 0.25) is 0 Å². The standard InChI is InChI=1S/C21H30N2O4/c1-25-18-12-16(13-19(26-2)20(18)27-3)21(24)23-8-6-22(7-9-23)17-11-14-4-5-15(17)10-14/h12-15,17H,4-11H2,1-3H3/t14-,15-,17-/m0/s1. The van der Waals surface area contributed by atoms with Crippen LogP contribution in [0.3, 0.4) is 0 Å². The molecule has 2 aliphatic carbocycles. The second-order valence-corrected chi connectivity index (χ2v) is 7.98. The van der Waals surface area contributed by atoms with E-state index in [0.29, 0.717) is 22.8 Å². The van der Waals surface area contributed by atoms with E-state index in [1.54, 1.807) is 33.5 Å². The second-order valence-electron chi connectivity index (χ2n) is 7.98. The van der Waals surface area contributed by atoms with Gasteiger partial charge in [0.25, 0.3) is 5.91 Å². The monoisotopic (exact) mass is 374 g/mol. The molecular formula is C21H30N2O4. The van der Waals surface area contributed by atoms with Crippen molar-refractivity contribution in [3.05, 3.63) is 17.7 Å². The molecule has 0 radical (unpaired) electrons. The maximum atomic E-state index is 13.0. The summed E-state index contributed by atoms with van der Waals surface area (Å²) in [6, 6.07) is 4.24. The van der Waals surface area contributed by atoms with Gasteiger partial charge in [0.05, 0.1) is 21.3 Å². The third-order valence-corrected chi connectivity index (χ3v) is 6.68. The van der Waals surface area contributed by atoms with E-state index >= 15 is 0 Å². The topological polar surface area (TPSA) is 51.2 Å². The van der Waals surface area contributed by atoms with E-state index in [4.69, 9.17) is 14.2 Å². The van der Waals surface area contributed by atoms with Crippen LogP contribution in [-0.2, 0) is 0 Å². The Morgan fingerprint density at radius 2 is 1.59 bits per heavy atom. The van der Waals surface area contributed by atoms with E-state index in [-0.39, 0.29) is 5.91 Å². The molecule has 1 amide bonds. The van der Waals surface area contributed by atoms with Gasteiger partial charge in [0, 0.05) is 37.8 Å². The van der Waals surface area contributed by atoms with Gasteiger partial charge in [-0.2, -0.15) is 0 Å². The molecule has 6 heteroatoms. The van der Waals surface area contributed by atoms with Gasteiger partial charge in [0.2, 0.25) is 5.75 Å². The molecule has 0 spiro atoms. The normalized spacial score (nSPS) is 27.7. The van der Waals surface area contributed by atoms with E-state index in [1.807, 2.05) is 4.90 Å². The number of piperazine rings is 1. The summed E-state index contributed by atoms with van der Waals surface area (Å²) in [5.74, 6) is 3.42. The number of amides is 1. The van der Waals surface area contributed by atoms with Gasteiger partial charge in [-0.3, -0.25) is 9.69 Å². The quantitative estimate of drug-likeness (QED) is 0.793. The molecule has 1 saturated heterocycles. The predicted molar refractivity (Wildman–Crippen MR) is 103 cm³/mol. The van der Waals surface area contributed by atoms with E-state index < -0.39 is 0 Å². The highest BCUT2D eigenvalue weighted by Gasteiger charge is 2.43. The lowest BCUT2D eigenvalue weighted by Gasteiger charge is -2.41. The van der Waals surface area contributed by atoms with Gasteiger partial charge in [-0.25, -0.2) is 0 Å². The Balaban J connectivity index is 1.43. The molecule has 1 heterocycles. The smallest absolute Gasteiger partial charge is 0.254 e. The predicted octanol–water partition coefficient (Wildman–Crippen LogP) is 2.66. The van der Waals surface area contributed by atoms with Crippen molar-refractivity contribution in [3.63, 3.8) is 0 Å². The van der Waals surface area contributed by atoms with Crippen molar-refractivity contribution < 1.29 is 19.0 Å². The first-order valence-electron chi connectivity index (χ1n) is 9.98. The molecule has 3 atom stereocenters. The lowest BCUT2D eigenvalue weighted by Crippen LogP contribution is -2.53. The highest BCUT2D eigenvalue weighted by atomic mass is 16.5. The molecule has 4 rings (SSSR count). The summed E-state index contributed by atoms with van der Waals surface area (Å²) in [6.45, 7) is 3.51. The van der Waals surface area contributed by atoms with Crippen molar-refractivity contribution in [2.45, 2.75) is 31.7 Å². The van der Waals surface area contributed by atoms with Gasteiger partial charge >= 0.3 is 0 Å².